The van der Waals surface area contributed by atoms with Crippen LogP contribution in [-0.4, -0.2) is 54.1 Å². The number of carbonyl (C=O) groups is 2. The van der Waals surface area contributed by atoms with E-state index in [2.05, 4.69) is 15.9 Å². The van der Waals surface area contributed by atoms with Gasteiger partial charge in [0.1, 0.15) is 11.4 Å². The molecule has 1 aliphatic rings. The van der Waals surface area contributed by atoms with E-state index >= 15 is 0 Å². The number of benzene rings is 1. The Balaban J connectivity index is 1.93. The standard InChI is InChI=1S/C21H28BrFN2O3/c1-21(2,3)28-20(27)24(4)13-15-6-5-11-25(14-15)19(26)10-7-16-12-17(22)8-9-18(16)23/h7-10,12,15H,5-6,11,13-14H2,1-4H3. The molecular weight excluding hydrogens is 427 g/mol. The molecule has 28 heavy (non-hydrogen) atoms. The second-order valence-electron chi connectivity index (χ2n) is 8.15. The summed E-state index contributed by atoms with van der Waals surface area (Å²) in [5, 5.41) is 0. The topological polar surface area (TPSA) is 49.9 Å². The molecule has 0 radical (unpaired) electrons. The van der Waals surface area contributed by atoms with E-state index in [9.17, 15) is 14.0 Å². The van der Waals surface area contributed by atoms with Crippen LogP contribution < -0.4 is 0 Å². The fourth-order valence-electron chi connectivity index (χ4n) is 3.12. The van der Waals surface area contributed by atoms with Gasteiger partial charge in [-0.2, -0.15) is 0 Å². The second kappa shape index (κ2) is 9.54. The molecule has 7 heteroatoms. The summed E-state index contributed by atoms with van der Waals surface area (Å²) in [4.78, 5) is 28.0. The predicted octanol–water partition coefficient (Wildman–Crippen LogP) is 4.71. The lowest BCUT2D eigenvalue weighted by molar-refractivity contribution is -0.127. The van der Waals surface area contributed by atoms with Crippen molar-refractivity contribution in [2.45, 2.75) is 39.2 Å². The zero-order valence-electron chi connectivity index (χ0n) is 16.9. The van der Waals surface area contributed by atoms with Crippen LogP contribution in [0.2, 0.25) is 0 Å². The summed E-state index contributed by atoms with van der Waals surface area (Å²) in [6.07, 6.45) is 4.36. The second-order valence-corrected chi connectivity index (χ2v) is 9.07. The summed E-state index contributed by atoms with van der Waals surface area (Å²) in [5.74, 6) is -0.335. The molecule has 0 aliphatic carbocycles. The molecule has 1 aromatic carbocycles. The average molecular weight is 455 g/mol. The van der Waals surface area contributed by atoms with Crippen molar-refractivity contribution in [1.29, 1.82) is 0 Å². The largest absolute Gasteiger partial charge is 0.444 e. The van der Waals surface area contributed by atoms with Crippen molar-refractivity contribution in [1.82, 2.24) is 9.80 Å². The third-order valence-electron chi connectivity index (χ3n) is 4.43. The molecule has 1 aromatic rings. The van der Waals surface area contributed by atoms with Gasteiger partial charge in [0.2, 0.25) is 5.91 Å². The SMILES string of the molecule is CN(CC1CCCN(C(=O)C=Cc2cc(Br)ccc2F)C1)C(=O)OC(C)(C)C. The molecule has 0 bridgehead atoms. The van der Waals surface area contributed by atoms with Crippen molar-refractivity contribution in [3.63, 3.8) is 0 Å². The van der Waals surface area contributed by atoms with Gasteiger partial charge in [-0.05, 0) is 63.8 Å². The number of amides is 2. The van der Waals surface area contributed by atoms with Crippen LogP contribution in [0.25, 0.3) is 6.08 Å². The predicted molar refractivity (Wildman–Crippen MR) is 111 cm³/mol. The van der Waals surface area contributed by atoms with Gasteiger partial charge < -0.3 is 14.5 Å². The molecule has 0 saturated carbocycles. The molecule has 1 saturated heterocycles. The van der Waals surface area contributed by atoms with Crippen LogP contribution >= 0.6 is 15.9 Å². The van der Waals surface area contributed by atoms with Crippen molar-refractivity contribution in [3.05, 3.63) is 40.1 Å². The Labute approximate surface area is 174 Å². The number of hydrogen-bond donors (Lipinski definition) is 0. The van der Waals surface area contributed by atoms with Gasteiger partial charge in [-0.25, -0.2) is 9.18 Å². The smallest absolute Gasteiger partial charge is 0.410 e. The van der Waals surface area contributed by atoms with Gasteiger partial charge in [-0.1, -0.05) is 15.9 Å². The van der Waals surface area contributed by atoms with Crippen LogP contribution in [0.5, 0.6) is 0 Å². The van der Waals surface area contributed by atoms with E-state index in [1.54, 1.807) is 29.0 Å². The lowest BCUT2D eigenvalue weighted by Gasteiger charge is -2.34. The highest BCUT2D eigenvalue weighted by molar-refractivity contribution is 9.10. The van der Waals surface area contributed by atoms with Crippen molar-refractivity contribution in [3.8, 4) is 0 Å². The summed E-state index contributed by atoms with van der Waals surface area (Å²) >= 11 is 3.30. The van der Waals surface area contributed by atoms with Crippen LogP contribution in [0, 0.1) is 11.7 Å². The van der Waals surface area contributed by atoms with E-state index in [0.29, 0.717) is 25.2 Å². The van der Waals surface area contributed by atoms with E-state index < -0.39 is 5.60 Å². The third-order valence-corrected chi connectivity index (χ3v) is 4.92. The molecule has 5 nitrogen and oxygen atoms in total. The van der Waals surface area contributed by atoms with Crippen LogP contribution in [-0.2, 0) is 9.53 Å². The van der Waals surface area contributed by atoms with E-state index in [1.807, 2.05) is 20.8 Å². The maximum Gasteiger partial charge on any atom is 0.410 e. The number of rotatable bonds is 4. The van der Waals surface area contributed by atoms with Gasteiger partial charge in [-0.15, -0.1) is 0 Å². The highest BCUT2D eigenvalue weighted by Gasteiger charge is 2.26. The van der Waals surface area contributed by atoms with Crippen LogP contribution in [0.4, 0.5) is 9.18 Å². The first-order chi connectivity index (χ1) is 13.0. The first-order valence-electron chi connectivity index (χ1n) is 9.41. The number of ether oxygens (including phenoxy) is 1. The minimum absolute atomic E-state index is 0.149. The first kappa shape index (κ1) is 22.4. The molecule has 1 aliphatic heterocycles. The highest BCUT2D eigenvalue weighted by Crippen LogP contribution is 2.20. The van der Waals surface area contributed by atoms with Crippen molar-refractivity contribution >= 4 is 34.0 Å². The van der Waals surface area contributed by atoms with Gasteiger partial charge in [0.15, 0.2) is 0 Å². The number of carbonyl (C=O) groups excluding carboxylic acids is 2. The molecule has 1 fully saturated rings. The van der Waals surface area contributed by atoms with Gasteiger partial charge >= 0.3 is 6.09 Å². The van der Waals surface area contributed by atoms with E-state index in [1.165, 1.54) is 18.2 Å². The Morgan fingerprint density at radius 2 is 2.11 bits per heavy atom. The number of hydrogen-bond acceptors (Lipinski definition) is 3. The Bertz CT molecular complexity index is 746. The summed E-state index contributed by atoms with van der Waals surface area (Å²) in [6, 6.07) is 4.61. The molecule has 1 unspecified atom stereocenters. The number of piperidine rings is 1. The van der Waals surface area contributed by atoms with E-state index in [4.69, 9.17) is 4.74 Å². The lowest BCUT2D eigenvalue weighted by Crippen LogP contribution is -2.44. The minimum atomic E-state index is -0.535. The molecule has 0 spiro atoms. The Morgan fingerprint density at radius 1 is 1.39 bits per heavy atom. The minimum Gasteiger partial charge on any atom is -0.444 e. The van der Waals surface area contributed by atoms with Crippen molar-refractivity contribution < 1.29 is 18.7 Å². The summed E-state index contributed by atoms with van der Waals surface area (Å²) in [5.41, 5.74) is -0.173. The molecular formula is C21H28BrFN2O3. The third kappa shape index (κ3) is 6.93. The normalized spacial score (nSPS) is 17.6. The average Bonchev–Trinajstić information content (AvgIpc) is 2.61. The van der Waals surface area contributed by atoms with Gasteiger partial charge in [0.05, 0.1) is 0 Å². The fraction of sp³-hybridized carbons (Fsp3) is 0.524. The Hall–Kier alpha value is -1.89. The molecule has 2 rings (SSSR count). The maximum atomic E-state index is 13.8. The lowest BCUT2D eigenvalue weighted by atomic mass is 9.97. The van der Waals surface area contributed by atoms with Crippen LogP contribution in [0.1, 0.15) is 39.2 Å². The number of nitrogens with zero attached hydrogens (tertiary/aromatic N) is 2. The van der Waals surface area contributed by atoms with Gasteiger partial charge in [0.25, 0.3) is 0 Å². The summed E-state index contributed by atoms with van der Waals surface area (Å²) in [7, 11) is 1.71. The van der Waals surface area contributed by atoms with Crippen molar-refractivity contribution in [2.24, 2.45) is 5.92 Å². The zero-order chi connectivity index (χ0) is 20.9. The molecule has 154 valence electrons. The number of halogens is 2. The van der Waals surface area contributed by atoms with Crippen LogP contribution in [0.3, 0.4) is 0 Å². The molecule has 1 atom stereocenters. The maximum absolute atomic E-state index is 13.8. The highest BCUT2D eigenvalue weighted by atomic mass is 79.9. The molecule has 1 heterocycles. The Kier molecular flexibility index (Phi) is 7.63. The van der Waals surface area contributed by atoms with E-state index in [0.717, 1.165) is 17.3 Å². The van der Waals surface area contributed by atoms with E-state index in [-0.39, 0.29) is 23.7 Å². The first-order valence-corrected chi connectivity index (χ1v) is 10.2. The fourth-order valence-corrected chi connectivity index (χ4v) is 3.50. The monoisotopic (exact) mass is 454 g/mol. The van der Waals surface area contributed by atoms with Gasteiger partial charge in [-0.3, -0.25) is 4.79 Å². The quantitative estimate of drug-likeness (QED) is 0.619. The summed E-state index contributed by atoms with van der Waals surface area (Å²) < 4.78 is 19.9. The summed E-state index contributed by atoms with van der Waals surface area (Å²) in [6.45, 7) is 7.26. The Morgan fingerprint density at radius 3 is 2.79 bits per heavy atom. The number of likely N-dealkylation sites (tertiary alicyclic amines) is 1. The molecule has 2 amide bonds. The van der Waals surface area contributed by atoms with Crippen molar-refractivity contribution in [2.75, 3.05) is 26.7 Å². The zero-order valence-corrected chi connectivity index (χ0v) is 18.5. The molecule has 0 aromatic heterocycles. The molecule has 0 N–H and O–H groups in total. The van der Waals surface area contributed by atoms with Crippen LogP contribution in [0.15, 0.2) is 28.7 Å². The van der Waals surface area contributed by atoms with Gasteiger partial charge in [0, 0.05) is 42.8 Å².